The molecule has 0 spiro atoms. The number of ether oxygens (including phenoxy) is 1. The van der Waals surface area contributed by atoms with Gasteiger partial charge in [-0.15, -0.1) is 0 Å². The number of aliphatic hydroxyl groups is 4. The van der Waals surface area contributed by atoms with Crippen LogP contribution in [0.4, 0.5) is 0 Å². The van der Waals surface area contributed by atoms with E-state index in [1.54, 1.807) is 0 Å². The normalized spacial score (nSPS) is 46.4. The molecule has 0 saturated carbocycles. The van der Waals surface area contributed by atoms with Gasteiger partial charge >= 0.3 is 0 Å². The third-order valence-electron chi connectivity index (χ3n) is 2.23. The molecular formula is C7H15NO5. The lowest BCUT2D eigenvalue weighted by atomic mass is 9.97. The fourth-order valence-electron chi connectivity index (χ4n) is 1.41. The molecule has 0 aromatic carbocycles. The molecule has 1 rings (SSSR count). The van der Waals surface area contributed by atoms with Crippen molar-refractivity contribution < 1.29 is 25.2 Å². The van der Waals surface area contributed by atoms with Gasteiger partial charge in [-0.1, -0.05) is 0 Å². The molecule has 1 saturated heterocycles. The Hall–Kier alpha value is -0.240. The molecule has 1 aliphatic rings. The van der Waals surface area contributed by atoms with Gasteiger partial charge in [0.05, 0.1) is 12.6 Å². The Bertz CT molecular complexity index is 167. The molecule has 2 unspecified atom stereocenters. The van der Waals surface area contributed by atoms with Crippen molar-refractivity contribution in [3.05, 3.63) is 0 Å². The predicted octanol–water partition coefficient (Wildman–Crippen LogP) is -2.99. The molecule has 0 aliphatic carbocycles. The molecule has 5 atom stereocenters. The Morgan fingerprint density at radius 2 is 1.85 bits per heavy atom. The minimum absolute atomic E-state index is 0.439. The van der Waals surface area contributed by atoms with E-state index in [0.717, 1.165) is 0 Å². The van der Waals surface area contributed by atoms with Gasteiger partial charge in [-0.05, 0) is 7.05 Å². The van der Waals surface area contributed by atoms with E-state index in [0.29, 0.717) is 0 Å². The zero-order valence-electron chi connectivity index (χ0n) is 7.29. The first-order chi connectivity index (χ1) is 6.11. The molecule has 6 heteroatoms. The molecule has 0 bridgehead atoms. The highest BCUT2D eigenvalue weighted by atomic mass is 16.6. The zero-order valence-corrected chi connectivity index (χ0v) is 7.29. The van der Waals surface area contributed by atoms with Crippen molar-refractivity contribution in [2.45, 2.75) is 30.6 Å². The van der Waals surface area contributed by atoms with Crippen molar-refractivity contribution in [3.63, 3.8) is 0 Å². The number of rotatable bonds is 2. The predicted molar refractivity (Wildman–Crippen MR) is 42.8 cm³/mol. The molecule has 1 aliphatic heterocycles. The van der Waals surface area contributed by atoms with Gasteiger partial charge in [-0.25, -0.2) is 0 Å². The lowest BCUT2D eigenvalue weighted by Crippen LogP contribution is -2.62. The van der Waals surface area contributed by atoms with Crippen molar-refractivity contribution in [3.8, 4) is 0 Å². The third kappa shape index (κ3) is 1.98. The van der Waals surface area contributed by atoms with Crippen molar-refractivity contribution in [1.82, 2.24) is 5.32 Å². The lowest BCUT2D eigenvalue weighted by Gasteiger charge is -2.39. The Morgan fingerprint density at radius 1 is 1.23 bits per heavy atom. The standard InChI is InChI=1S/C7H15NO5/c1-8-4-6(11)5(10)3(2-9)13-7(4)12/h3-12H,2H2,1H3/t3?,4?,5-,6-,7+/m1/s1. The highest BCUT2D eigenvalue weighted by Gasteiger charge is 2.42. The van der Waals surface area contributed by atoms with E-state index in [9.17, 15) is 15.3 Å². The average Bonchev–Trinajstić information content (AvgIpc) is 2.12. The van der Waals surface area contributed by atoms with E-state index < -0.39 is 37.3 Å². The van der Waals surface area contributed by atoms with Crippen molar-refractivity contribution in [2.75, 3.05) is 13.7 Å². The summed E-state index contributed by atoms with van der Waals surface area (Å²) in [5, 5.41) is 39.4. The fourth-order valence-corrected chi connectivity index (χ4v) is 1.41. The number of hydrogen-bond donors (Lipinski definition) is 5. The summed E-state index contributed by atoms with van der Waals surface area (Å²) >= 11 is 0. The second kappa shape index (κ2) is 4.32. The second-order valence-electron chi connectivity index (χ2n) is 3.04. The van der Waals surface area contributed by atoms with Gasteiger partial charge in [0.2, 0.25) is 0 Å². The van der Waals surface area contributed by atoms with Gasteiger partial charge in [0.1, 0.15) is 18.3 Å². The highest BCUT2D eigenvalue weighted by molar-refractivity contribution is 4.91. The van der Waals surface area contributed by atoms with Gasteiger partial charge in [0.25, 0.3) is 0 Å². The Morgan fingerprint density at radius 3 is 2.31 bits per heavy atom. The Balaban J connectivity index is 2.66. The van der Waals surface area contributed by atoms with Crippen LogP contribution in [0.1, 0.15) is 0 Å². The SMILES string of the molecule is CNC1[C@@H](O)[C@H](O)C(CO)O[C@@H]1O. The van der Waals surface area contributed by atoms with Gasteiger partial charge in [0, 0.05) is 0 Å². The summed E-state index contributed by atoms with van der Waals surface area (Å²) in [5.41, 5.74) is 0. The molecule has 0 radical (unpaired) electrons. The molecule has 1 heterocycles. The highest BCUT2D eigenvalue weighted by Crippen LogP contribution is 2.18. The minimum Gasteiger partial charge on any atom is -0.394 e. The summed E-state index contributed by atoms with van der Waals surface area (Å²) in [6, 6.07) is -0.738. The maximum Gasteiger partial charge on any atom is 0.173 e. The number of aliphatic hydroxyl groups excluding tert-OH is 4. The van der Waals surface area contributed by atoms with E-state index in [1.807, 2.05) is 0 Å². The summed E-state index contributed by atoms with van der Waals surface area (Å²) in [7, 11) is 1.53. The summed E-state index contributed by atoms with van der Waals surface area (Å²) in [6.07, 6.45) is -4.49. The smallest absolute Gasteiger partial charge is 0.173 e. The topological polar surface area (TPSA) is 102 Å². The quantitative estimate of drug-likeness (QED) is 0.320. The van der Waals surface area contributed by atoms with Gasteiger partial charge in [-0.2, -0.15) is 0 Å². The fraction of sp³-hybridized carbons (Fsp3) is 1.00. The van der Waals surface area contributed by atoms with Crippen LogP contribution in [0.25, 0.3) is 0 Å². The van der Waals surface area contributed by atoms with Crippen molar-refractivity contribution in [1.29, 1.82) is 0 Å². The first-order valence-corrected chi connectivity index (χ1v) is 4.09. The van der Waals surface area contributed by atoms with E-state index in [1.165, 1.54) is 7.05 Å². The molecule has 0 aromatic heterocycles. The first-order valence-electron chi connectivity index (χ1n) is 4.09. The van der Waals surface area contributed by atoms with Crippen LogP contribution in [0.3, 0.4) is 0 Å². The summed E-state index contributed by atoms with van der Waals surface area (Å²) in [5.74, 6) is 0. The zero-order chi connectivity index (χ0) is 10.0. The molecule has 5 N–H and O–H groups in total. The maximum atomic E-state index is 9.45. The van der Waals surface area contributed by atoms with Crippen LogP contribution in [0.2, 0.25) is 0 Å². The van der Waals surface area contributed by atoms with Gasteiger partial charge < -0.3 is 30.5 Å². The summed E-state index contributed by atoms with van der Waals surface area (Å²) in [4.78, 5) is 0. The van der Waals surface area contributed by atoms with Crippen LogP contribution in [-0.2, 0) is 4.74 Å². The largest absolute Gasteiger partial charge is 0.394 e. The Kier molecular flexibility index (Phi) is 3.60. The van der Waals surface area contributed by atoms with Gasteiger partial charge in [-0.3, -0.25) is 0 Å². The van der Waals surface area contributed by atoms with Crippen LogP contribution in [0, 0.1) is 0 Å². The molecular weight excluding hydrogens is 178 g/mol. The summed E-state index contributed by atoms with van der Waals surface area (Å²) in [6.45, 7) is -0.439. The lowest BCUT2D eigenvalue weighted by molar-refractivity contribution is -0.253. The number of likely N-dealkylation sites (N-methyl/N-ethyl adjacent to an activating group) is 1. The third-order valence-corrected chi connectivity index (χ3v) is 2.23. The molecule has 0 amide bonds. The van der Waals surface area contributed by atoms with Crippen molar-refractivity contribution in [2.24, 2.45) is 0 Å². The average molecular weight is 193 g/mol. The molecule has 78 valence electrons. The molecule has 1 fully saturated rings. The van der Waals surface area contributed by atoms with Gasteiger partial charge in [0.15, 0.2) is 6.29 Å². The van der Waals surface area contributed by atoms with Crippen LogP contribution < -0.4 is 5.32 Å². The second-order valence-corrected chi connectivity index (χ2v) is 3.04. The number of hydrogen-bond acceptors (Lipinski definition) is 6. The maximum absolute atomic E-state index is 9.45. The van der Waals surface area contributed by atoms with E-state index in [4.69, 9.17) is 9.84 Å². The van der Waals surface area contributed by atoms with Crippen LogP contribution in [0.15, 0.2) is 0 Å². The van der Waals surface area contributed by atoms with Crippen LogP contribution >= 0.6 is 0 Å². The monoisotopic (exact) mass is 193 g/mol. The van der Waals surface area contributed by atoms with E-state index in [-0.39, 0.29) is 0 Å². The van der Waals surface area contributed by atoms with Crippen LogP contribution in [-0.4, -0.2) is 64.7 Å². The molecule has 6 nitrogen and oxygen atoms in total. The molecule has 13 heavy (non-hydrogen) atoms. The minimum atomic E-state index is -1.22. The van der Waals surface area contributed by atoms with Crippen molar-refractivity contribution >= 4 is 0 Å². The number of nitrogens with one attached hydrogen (secondary N) is 1. The van der Waals surface area contributed by atoms with Crippen LogP contribution in [0.5, 0.6) is 0 Å². The van der Waals surface area contributed by atoms with E-state index >= 15 is 0 Å². The summed E-state index contributed by atoms with van der Waals surface area (Å²) < 4.78 is 4.85. The molecule has 0 aromatic rings. The first kappa shape index (κ1) is 10.8. The Labute approximate surface area is 75.8 Å². The van der Waals surface area contributed by atoms with E-state index in [2.05, 4.69) is 5.32 Å².